The highest BCUT2D eigenvalue weighted by Crippen LogP contribution is 2.17. The van der Waals surface area contributed by atoms with E-state index in [1.54, 1.807) is 5.51 Å². The molecule has 94 valence electrons. The topological polar surface area (TPSA) is 42.0 Å². The highest BCUT2D eigenvalue weighted by Gasteiger charge is 2.17. The molecule has 18 heavy (non-hydrogen) atoms. The lowest BCUT2D eigenvalue weighted by Crippen LogP contribution is -2.29. The van der Waals surface area contributed by atoms with Crippen LogP contribution in [-0.4, -0.2) is 16.8 Å². The van der Waals surface area contributed by atoms with Crippen molar-refractivity contribution in [2.24, 2.45) is 0 Å². The minimum absolute atomic E-state index is 0.121. The van der Waals surface area contributed by atoms with Crippen molar-refractivity contribution in [2.75, 3.05) is 5.88 Å². The number of halogens is 1. The van der Waals surface area contributed by atoms with E-state index in [0.29, 0.717) is 10.8 Å². The number of nitrogens with one attached hydrogen (secondary N) is 1. The molecular formula is C13H13ClN2OS. The maximum absolute atomic E-state index is 12.1. The van der Waals surface area contributed by atoms with Crippen LogP contribution in [0.3, 0.4) is 0 Å². The first-order chi connectivity index (χ1) is 8.72. The van der Waals surface area contributed by atoms with Gasteiger partial charge in [-0.15, -0.1) is 22.9 Å². The number of carbonyl (C=O) groups is 1. The molecule has 0 saturated heterocycles. The lowest BCUT2D eigenvalue weighted by atomic mass is 10.1. The minimum atomic E-state index is -0.179. The molecule has 1 unspecified atom stereocenters. The second-order valence-electron chi connectivity index (χ2n) is 3.86. The summed E-state index contributed by atoms with van der Waals surface area (Å²) < 4.78 is 0. The smallest absolute Gasteiger partial charge is 0.263 e. The van der Waals surface area contributed by atoms with Crippen LogP contribution in [0.5, 0.6) is 0 Å². The van der Waals surface area contributed by atoms with Crippen molar-refractivity contribution in [3.63, 3.8) is 0 Å². The van der Waals surface area contributed by atoms with Gasteiger partial charge in [0.05, 0.1) is 17.2 Å². The molecule has 1 amide bonds. The molecule has 0 aliphatic rings. The van der Waals surface area contributed by atoms with Gasteiger partial charge in [0.15, 0.2) is 0 Å². The van der Waals surface area contributed by atoms with Gasteiger partial charge in [0.25, 0.3) is 5.91 Å². The van der Waals surface area contributed by atoms with E-state index in [0.717, 1.165) is 11.3 Å². The molecule has 0 bridgehead atoms. The number of benzene rings is 1. The molecule has 2 aromatic rings. The van der Waals surface area contributed by atoms with E-state index >= 15 is 0 Å². The van der Waals surface area contributed by atoms with Crippen LogP contribution in [0.1, 0.15) is 27.0 Å². The van der Waals surface area contributed by atoms with Gasteiger partial charge in [-0.3, -0.25) is 4.79 Å². The molecule has 0 radical (unpaired) electrons. The average Bonchev–Trinajstić information content (AvgIpc) is 2.83. The van der Waals surface area contributed by atoms with E-state index in [4.69, 9.17) is 11.6 Å². The number of aryl methyl sites for hydroxylation is 1. The van der Waals surface area contributed by atoms with Crippen LogP contribution < -0.4 is 5.32 Å². The first kappa shape index (κ1) is 13.1. The molecule has 0 aliphatic heterocycles. The first-order valence-corrected chi connectivity index (χ1v) is 6.95. The summed E-state index contributed by atoms with van der Waals surface area (Å²) in [6.07, 6.45) is 0. The summed E-state index contributed by atoms with van der Waals surface area (Å²) in [6.45, 7) is 1.82. The van der Waals surface area contributed by atoms with Crippen LogP contribution in [0.4, 0.5) is 0 Å². The molecule has 0 saturated carbocycles. The van der Waals surface area contributed by atoms with Crippen LogP contribution in [0.25, 0.3) is 0 Å². The molecule has 0 aliphatic carbocycles. The normalized spacial score (nSPS) is 12.1. The Bertz CT molecular complexity index is 527. The number of rotatable bonds is 4. The van der Waals surface area contributed by atoms with E-state index in [9.17, 15) is 4.79 Å². The number of aromatic nitrogens is 1. The van der Waals surface area contributed by atoms with E-state index < -0.39 is 0 Å². The molecule has 1 atom stereocenters. The molecule has 2 rings (SSSR count). The Morgan fingerprint density at radius 1 is 1.44 bits per heavy atom. The fourth-order valence-corrected chi connectivity index (χ4v) is 2.60. The predicted octanol–water partition coefficient (Wildman–Crippen LogP) is 3.16. The Kier molecular flexibility index (Phi) is 4.33. The molecule has 3 nitrogen and oxygen atoms in total. The highest BCUT2D eigenvalue weighted by atomic mass is 35.5. The van der Waals surface area contributed by atoms with Crippen molar-refractivity contribution in [1.82, 2.24) is 10.3 Å². The number of hydrogen-bond acceptors (Lipinski definition) is 3. The second-order valence-corrected chi connectivity index (χ2v) is 5.02. The van der Waals surface area contributed by atoms with E-state index in [-0.39, 0.29) is 11.9 Å². The molecule has 0 fully saturated rings. The van der Waals surface area contributed by atoms with E-state index in [2.05, 4.69) is 10.3 Å². The zero-order valence-corrected chi connectivity index (χ0v) is 11.5. The molecule has 1 aromatic heterocycles. The monoisotopic (exact) mass is 280 g/mol. The highest BCUT2D eigenvalue weighted by molar-refractivity contribution is 7.11. The fraction of sp³-hybridized carbons (Fsp3) is 0.231. The summed E-state index contributed by atoms with van der Waals surface area (Å²) in [6, 6.07) is 9.52. The van der Waals surface area contributed by atoms with Crippen LogP contribution in [0.15, 0.2) is 35.8 Å². The lowest BCUT2D eigenvalue weighted by Gasteiger charge is -2.16. The van der Waals surface area contributed by atoms with Crippen LogP contribution in [0, 0.1) is 6.92 Å². The number of thiazole rings is 1. The summed E-state index contributed by atoms with van der Waals surface area (Å²) in [5.74, 6) is 0.220. The Morgan fingerprint density at radius 3 is 2.72 bits per heavy atom. The number of nitrogens with zero attached hydrogens (tertiary/aromatic N) is 1. The molecular weight excluding hydrogens is 268 g/mol. The van der Waals surface area contributed by atoms with Crippen molar-refractivity contribution in [1.29, 1.82) is 0 Å². The number of amides is 1. The van der Waals surface area contributed by atoms with Crippen molar-refractivity contribution in [3.05, 3.63) is 52.0 Å². The molecule has 0 spiro atoms. The van der Waals surface area contributed by atoms with E-state index in [1.807, 2.05) is 37.3 Å². The third kappa shape index (κ3) is 2.89. The van der Waals surface area contributed by atoms with Crippen LogP contribution >= 0.6 is 22.9 Å². The summed E-state index contributed by atoms with van der Waals surface area (Å²) >= 11 is 7.26. The zero-order valence-electron chi connectivity index (χ0n) is 9.89. The predicted molar refractivity (Wildman–Crippen MR) is 74.2 cm³/mol. The van der Waals surface area contributed by atoms with Crippen molar-refractivity contribution >= 4 is 28.8 Å². The van der Waals surface area contributed by atoms with Gasteiger partial charge in [-0.25, -0.2) is 4.98 Å². The molecule has 5 heteroatoms. The maximum atomic E-state index is 12.1. The number of carbonyl (C=O) groups excluding carboxylic acids is 1. The van der Waals surface area contributed by atoms with Crippen LogP contribution in [-0.2, 0) is 0 Å². The third-order valence-electron chi connectivity index (χ3n) is 2.61. The summed E-state index contributed by atoms with van der Waals surface area (Å²) in [4.78, 5) is 16.8. The quantitative estimate of drug-likeness (QED) is 0.874. The maximum Gasteiger partial charge on any atom is 0.263 e. The standard InChI is InChI=1S/C13H13ClN2OS/c1-9-12(18-8-15-9)13(17)16-11(7-14)10-5-3-2-4-6-10/h2-6,8,11H,7H2,1H3,(H,16,17). The Hall–Kier alpha value is -1.39. The van der Waals surface area contributed by atoms with Crippen LogP contribution in [0.2, 0.25) is 0 Å². The van der Waals surface area contributed by atoms with Gasteiger partial charge in [-0.1, -0.05) is 30.3 Å². The zero-order chi connectivity index (χ0) is 13.0. The summed E-state index contributed by atoms with van der Waals surface area (Å²) in [5, 5.41) is 2.93. The third-order valence-corrected chi connectivity index (χ3v) is 3.85. The van der Waals surface area contributed by atoms with Gasteiger partial charge in [-0.2, -0.15) is 0 Å². The van der Waals surface area contributed by atoms with Gasteiger partial charge < -0.3 is 5.32 Å². The molecule has 1 N–H and O–H groups in total. The van der Waals surface area contributed by atoms with E-state index in [1.165, 1.54) is 11.3 Å². The minimum Gasteiger partial charge on any atom is -0.343 e. The van der Waals surface area contributed by atoms with Gasteiger partial charge in [0, 0.05) is 5.88 Å². The first-order valence-electron chi connectivity index (χ1n) is 5.54. The lowest BCUT2D eigenvalue weighted by molar-refractivity contribution is 0.0943. The second kappa shape index (κ2) is 5.98. The SMILES string of the molecule is Cc1ncsc1C(=O)NC(CCl)c1ccccc1. The van der Waals surface area contributed by atoms with Crippen molar-refractivity contribution in [2.45, 2.75) is 13.0 Å². The van der Waals surface area contributed by atoms with Gasteiger partial charge >= 0.3 is 0 Å². The van der Waals surface area contributed by atoms with Gasteiger partial charge in [0.2, 0.25) is 0 Å². The Labute approximate surface area is 115 Å². The number of hydrogen-bond donors (Lipinski definition) is 1. The summed E-state index contributed by atoms with van der Waals surface area (Å²) in [7, 11) is 0. The van der Waals surface area contributed by atoms with Crippen molar-refractivity contribution in [3.8, 4) is 0 Å². The largest absolute Gasteiger partial charge is 0.343 e. The molecule has 1 heterocycles. The van der Waals surface area contributed by atoms with Gasteiger partial charge in [0.1, 0.15) is 4.88 Å². The Morgan fingerprint density at radius 2 is 2.17 bits per heavy atom. The summed E-state index contributed by atoms with van der Waals surface area (Å²) in [5.41, 5.74) is 3.42. The number of alkyl halides is 1. The average molecular weight is 281 g/mol. The van der Waals surface area contributed by atoms with Gasteiger partial charge in [-0.05, 0) is 12.5 Å². The Balaban J connectivity index is 2.13. The van der Waals surface area contributed by atoms with Crippen molar-refractivity contribution < 1.29 is 4.79 Å². The molecule has 1 aromatic carbocycles. The fourth-order valence-electron chi connectivity index (χ4n) is 1.64.